The van der Waals surface area contributed by atoms with Gasteiger partial charge in [0.2, 0.25) is 0 Å². The van der Waals surface area contributed by atoms with Crippen molar-refractivity contribution in [3.05, 3.63) is 0 Å². The summed E-state index contributed by atoms with van der Waals surface area (Å²) in [5.74, 6) is 1.68. The molecule has 2 amide bonds. The summed E-state index contributed by atoms with van der Waals surface area (Å²) in [7, 11) is 0. The lowest BCUT2D eigenvalue weighted by molar-refractivity contribution is 0.154. The summed E-state index contributed by atoms with van der Waals surface area (Å²) < 4.78 is 0. The number of carbonyl (C=O) groups excluding carboxylic acids is 1. The van der Waals surface area contributed by atoms with Crippen LogP contribution < -0.4 is 10.6 Å². The number of aliphatic hydroxyl groups is 1. The summed E-state index contributed by atoms with van der Waals surface area (Å²) in [5.41, 5.74) is -0.455. The lowest BCUT2D eigenvalue weighted by Gasteiger charge is -2.29. The summed E-state index contributed by atoms with van der Waals surface area (Å²) >= 11 is 0. The van der Waals surface area contributed by atoms with Crippen LogP contribution >= 0.6 is 0 Å². The Morgan fingerprint density at radius 1 is 1.38 bits per heavy atom. The number of urea groups is 1. The number of rotatable bonds is 7. The Bertz CT molecular complexity index is 357. The van der Waals surface area contributed by atoms with E-state index in [1.807, 2.05) is 6.92 Å². The Hall–Kier alpha value is -0.810. The van der Waals surface area contributed by atoms with Crippen molar-refractivity contribution in [3.63, 3.8) is 0 Å². The molecule has 5 nitrogen and oxygen atoms in total. The van der Waals surface area contributed by atoms with Crippen LogP contribution in [0.3, 0.4) is 0 Å². The minimum atomic E-state index is -0.455. The van der Waals surface area contributed by atoms with E-state index in [9.17, 15) is 9.90 Å². The van der Waals surface area contributed by atoms with Gasteiger partial charge in [0.1, 0.15) is 0 Å². The highest BCUT2D eigenvalue weighted by Crippen LogP contribution is 2.39. The van der Waals surface area contributed by atoms with Crippen molar-refractivity contribution >= 4 is 6.03 Å². The maximum Gasteiger partial charge on any atom is 0.315 e. The van der Waals surface area contributed by atoms with Crippen LogP contribution in [0, 0.1) is 17.8 Å². The Balaban J connectivity index is 1.67. The molecule has 122 valence electrons. The molecule has 21 heavy (non-hydrogen) atoms. The van der Waals surface area contributed by atoms with E-state index in [0.717, 1.165) is 45.4 Å². The lowest BCUT2D eigenvalue weighted by Crippen LogP contribution is -2.54. The van der Waals surface area contributed by atoms with Gasteiger partial charge in [0.15, 0.2) is 0 Å². The fraction of sp³-hybridized carbons (Fsp3) is 0.938. The summed E-state index contributed by atoms with van der Waals surface area (Å²) in [4.78, 5) is 14.5. The van der Waals surface area contributed by atoms with Crippen LogP contribution in [0.1, 0.15) is 40.0 Å². The first-order chi connectivity index (χ1) is 9.93. The standard InChI is InChI=1S/C16H31N3O2/c1-12(2)9-19-7-6-13(10-19)8-17-15(21)18-16(3,11-20)14-4-5-14/h12-14,20H,4-11H2,1-3H3,(H2,17,18,21). The normalized spacial score (nSPS) is 25.9. The first kappa shape index (κ1) is 16.6. The zero-order chi connectivity index (χ0) is 15.5. The van der Waals surface area contributed by atoms with Gasteiger partial charge >= 0.3 is 6.03 Å². The summed E-state index contributed by atoms with van der Waals surface area (Å²) in [6.07, 6.45) is 3.36. The van der Waals surface area contributed by atoms with E-state index < -0.39 is 5.54 Å². The number of nitrogens with zero attached hydrogens (tertiary/aromatic N) is 1. The van der Waals surface area contributed by atoms with Gasteiger partial charge in [-0.3, -0.25) is 0 Å². The quantitative estimate of drug-likeness (QED) is 0.666. The van der Waals surface area contributed by atoms with E-state index in [0.29, 0.717) is 17.8 Å². The van der Waals surface area contributed by atoms with Crippen molar-refractivity contribution in [2.45, 2.75) is 45.6 Å². The first-order valence-electron chi connectivity index (χ1n) is 8.32. The molecular weight excluding hydrogens is 266 g/mol. The molecule has 2 unspecified atom stereocenters. The van der Waals surface area contributed by atoms with Crippen LogP contribution in [0.5, 0.6) is 0 Å². The van der Waals surface area contributed by atoms with Crippen molar-refractivity contribution in [2.24, 2.45) is 17.8 Å². The smallest absolute Gasteiger partial charge is 0.315 e. The van der Waals surface area contributed by atoms with Crippen LogP contribution in [-0.2, 0) is 0 Å². The third-order valence-electron chi connectivity index (χ3n) is 4.75. The minimum absolute atomic E-state index is 0.0106. The molecule has 1 aliphatic heterocycles. The molecule has 2 aliphatic rings. The predicted octanol–water partition coefficient (Wildman–Crippen LogP) is 1.42. The molecule has 0 bridgehead atoms. The maximum absolute atomic E-state index is 12.0. The van der Waals surface area contributed by atoms with Gasteiger partial charge < -0.3 is 20.6 Å². The summed E-state index contributed by atoms with van der Waals surface area (Å²) in [6, 6.07) is -0.138. The number of likely N-dealkylation sites (tertiary alicyclic amines) is 1. The molecule has 0 aromatic heterocycles. The molecule has 0 spiro atoms. The fourth-order valence-corrected chi connectivity index (χ4v) is 3.29. The molecule has 5 heteroatoms. The van der Waals surface area contributed by atoms with Crippen molar-refractivity contribution in [2.75, 3.05) is 32.8 Å². The van der Waals surface area contributed by atoms with Gasteiger partial charge in [0.05, 0.1) is 12.1 Å². The second-order valence-electron chi connectivity index (χ2n) is 7.49. The Labute approximate surface area is 128 Å². The molecule has 1 saturated heterocycles. The molecule has 0 aromatic rings. The van der Waals surface area contributed by atoms with E-state index in [1.54, 1.807) is 0 Å². The first-order valence-corrected chi connectivity index (χ1v) is 8.32. The SMILES string of the molecule is CC(C)CN1CCC(CNC(=O)NC(C)(CO)C2CC2)C1. The maximum atomic E-state index is 12.0. The predicted molar refractivity (Wildman–Crippen MR) is 84.1 cm³/mol. The average Bonchev–Trinajstić information content (AvgIpc) is 3.19. The number of amides is 2. The third kappa shape index (κ3) is 4.85. The zero-order valence-corrected chi connectivity index (χ0v) is 13.7. The van der Waals surface area contributed by atoms with Gasteiger partial charge in [0, 0.05) is 19.6 Å². The zero-order valence-electron chi connectivity index (χ0n) is 13.7. The van der Waals surface area contributed by atoms with E-state index >= 15 is 0 Å². The lowest BCUT2D eigenvalue weighted by atomic mass is 9.97. The molecule has 0 radical (unpaired) electrons. The minimum Gasteiger partial charge on any atom is -0.394 e. The molecule has 3 N–H and O–H groups in total. The van der Waals surface area contributed by atoms with Crippen LogP contribution in [0.15, 0.2) is 0 Å². The second kappa shape index (κ2) is 6.97. The molecule has 0 aromatic carbocycles. The summed E-state index contributed by atoms with van der Waals surface area (Å²) in [5, 5.41) is 15.4. The van der Waals surface area contributed by atoms with Crippen molar-refractivity contribution < 1.29 is 9.90 Å². The number of carbonyl (C=O) groups is 1. The number of aliphatic hydroxyl groups excluding tert-OH is 1. The number of nitrogens with one attached hydrogen (secondary N) is 2. The van der Waals surface area contributed by atoms with Crippen LogP contribution in [-0.4, -0.2) is 54.4 Å². The van der Waals surface area contributed by atoms with Crippen molar-refractivity contribution in [1.82, 2.24) is 15.5 Å². The topological polar surface area (TPSA) is 64.6 Å². The fourth-order valence-electron chi connectivity index (χ4n) is 3.29. The van der Waals surface area contributed by atoms with Crippen LogP contribution in [0.4, 0.5) is 4.79 Å². The van der Waals surface area contributed by atoms with Gasteiger partial charge in [-0.05, 0) is 50.5 Å². The molecular formula is C16H31N3O2. The molecule has 2 fully saturated rings. The van der Waals surface area contributed by atoms with Gasteiger partial charge in [0.25, 0.3) is 0 Å². The van der Waals surface area contributed by atoms with E-state index in [-0.39, 0.29) is 12.6 Å². The highest BCUT2D eigenvalue weighted by molar-refractivity contribution is 5.74. The van der Waals surface area contributed by atoms with Crippen LogP contribution in [0.25, 0.3) is 0 Å². The monoisotopic (exact) mass is 297 g/mol. The van der Waals surface area contributed by atoms with E-state index in [2.05, 4.69) is 29.4 Å². The number of hydrogen-bond donors (Lipinski definition) is 3. The van der Waals surface area contributed by atoms with Crippen molar-refractivity contribution in [3.8, 4) is 0 Å². The van der Waals surface area contributed by atoms with Gasteiger partial charge in [-0.2, -0.15) is 0 Å². The Morgan fingerprint density at radius 2 is 2.10 bits per heavy atom. The Morgan fingerprint density at radius 3 is 2.67 bits per heavy atom. The highest BCUT2D eigenvalue weighted by atomic mass is 16.3. The molecule has 1 heterocycles. The van der Waals surface area contributed by atoms with Gasteiger partial charge in [-0.15, -0.1) is 0 Å². The van der Waals surface area contributed by atoms with E-state index in [1.165, 1.54) is 0 Å². The van der Waals surface area contributed by atoms with Gasteiger partial charge in [-0.1, -0.05) is 13.8 Å². The third-order valence-corrected chi connectivity index (χ3v) is 4.75. The summed E-state index contributed by atoms with van der Waals surface area (Å²) in [6.45, 7) is 10.5. The van der Waals surface area contributed by atoms with Crippen LogP contribution in [0.2, 0.25) is 0 Å². The molecule has 2 rings (SSSR count). The van der Waals surface area contributed by atoms with Gasteiger partial charge in [-0.25, -0.2) is 4.79 Å². The highest BCUT2D eigenvalue weighted by Gasteiger charge is 2.42. The second-order valence-corrected chi connectivity index (χ2v) is 7.49. The molecule has 1 saturated carbocycles. The van der Waals surface area contributed by atoms with E-state index in [4.69, 9.17) is 0 Å². The molecule has 2 atom stereocenters. The average molecular weight is 297 g/mol. The Kier molecular flexibility index (Phi) is 5.49. The largest absolute Gasteiger partial charge is 0.394 e. The molecule has 1 aliphatic carbocycles. The number of hydrogen-bond acceptors (Lipinski definition) is 3. The van der Waals surface area contributed by atoms with Crippen molar-refractivity contribution in [1.29, 1.82) is 0 Å².